The molecule has 3 nitrogen and oxygen atoms in total. The molecular weight excluding hydrogens is 120 g/mol. The first-order valence-corrected chi connectivity index (χ1v) is 2.68. The number of carboxylic acids is 1. The van der Waals surface area contributed by atoms with E-state index in [9.17, 15) is 4.79 Å². The molecule has 52 valence electrons. The van der Waals surface area contributed by atoms with Crippen LogP contribution in [0.5, 0.6) is 0 Å². The Labute approximate surface area is 53.6 Å². The van der Waals surface area contributed by atoms with Crippen molar-refractivity contribution in [1.29, 1.82) is 0 Å². The maximum absolute atomic E-state index is 10.1. The Morgan fingerprint density at radius 2 is 2.33 bits per heavy atom. The number of aliphatic hydroxyl groups excluding tert-OH is 1. The van der Waals surface area contributed by atoms with Gasteiger partial charge >= 0.3 is 5.97 Å². The first kappa shape index (κ1) is 8.17. The lowest BCUT2D eigenvalue weighted by atomic mass is 10.1. The van der Waals surface area contributed by atoms with Crippen LogP contribution in [0.4, 0.5) is 0 Å². The monoisotopic (exact) mass is 130 g/mol. The Hall–Kier alpha value is -0.830. The second-order valence-electron chi connectivity index (χ2n) is 1.65. The second-order valence-corrected chi connectivity index (χ2v) is 1.65. The largest absolute Gasteiger partial charge is 0.481 e. The molecule has 3 heteroatoms. The zero-order valence-corrected chi connectivity index (χ0v) is 5.24. The summed E-state index contributed by atoms with van der Waals surface area (Å²) in [5.74, 6) is -1.73. The predicted molar refractivity (Wildman–Crippen MR) is 33.0 cm³/mol. The van der Waals surface area contributed by atoms with Gasteiger partial charge in [-0.3, -0.25) is 4.79 Å². The summed E-state index contributed by atoms with van der Waals surface area (Å²) in [6, 6.07) is 0. The number of aliphatic carboxylic acids is 1. The molecule has 0 aromatic carbocycles. The lowest BCUT2D eigenvalue weighted by Gasteiger charge is -1.99. The molecule has 1 atom stereocenters. The van der Waals surface area contributed by atoms with Crippen LogP contribution in [0, 0.1) is 5.92 Å². The lowest BCUT2D eigenvalue weighted by molar-refractivity contribution is -0.141. The number of allylic oxidation sites excluding steroid dienone is 1. The van der Waals surface area contributed by atoms with Crippen molar-refractivity contribution in [2.75, 3.05) is 6.61 Å². The van der Waals surface area contributed by atoms with Gasteiger partial charge in [0.05, 0.1) is 12.5 Å². The molecular formula is C6H10O3. The minimum absolute atomic E-state index is 0.334. The number of hydrogen-bond acceptors (Lipinski definition) is 2. The van der Waals surface area contributed by atoms with E-state index in [1.807, 2.05) is 0 Å². The summed E-state index contributed by atoms with van der Waals surface area (Å²) in [6.07, 6.45) is 3.05. The Kier molecular flexibility index (Phi) is 3.71. The molecule has 0 saturated heterocycles. The highest BCUT2D eigenvalue weighted by atomic mass is 16.4. The fraction of sp³-hybridized carbons (Fsp3) is 0.500. The molecule has 0 aliphatic carbocycles. The lowest BCUT2D eigenvalue weighted by Crippen LogP contribution is -2.14. The van der Waals surface area contributed by atoms with Gasteiger partial charge in [0, 0.05) is 0 Å². The zero-order chi connectivity index (χ0) is 7.28. The third-order valence-corrected chi connectivity index (χ3v) is 0.939. The standard InChI is InChI=1S/C6H10O3/c1-2-3-5(4-7)6(8)9/h2-3,5,7H,4H2,1H3,(H,8,9). The predicted octanol–water partition coefficient (Wildman–Crippen LogP) is 0.256. The van der Waals surface area contributed by atoms with Crippen molar-refractivity contribution in [1.82, 2.24) is 0 Å². The molecule has 0 rings (SSSR count). The van der Waals surface area contributed by atoms with Gasteiger partial charge in [0.25, 0.3) is 0 Å². The maximum atomic E-state index is 10.1. The summed E-state index contributed by atoms with van der Waals surface area (Å²) in [5.41, 5.74) is 0. The van der Waals surface area contributed by atoms with Gasteiger partial charge in [-0.2, -0.15) is 0 Å². The molecule has 0 spiro atoms. The van der Waals surface area contributed by atoms with Crippen LogP contribution in [-0.2, 0) is 4.79 Å². The van der Waals surface area contributed by atoms with Crippen LogP contribution in [0.25, 0.3) is 0 Å². The van der Waals surface area contributed by atoms with E-state index in [1.54, 1.807) is 13.0 Å². The van der Waals surface area contributed by atoms with E-state index in [0.717, 1.165) is 0 Å². The Bertz CT molecular complexity index is 117. The molecule has 1 unspecified atom stereocenters. The fourth-order valence-corrected chi connectivity index (χ4v) is 0.454. The van der Waals surface area contributed by atoms with Crippen LogP contribution in [0.2, 0.25) is 0 Å². The van der Waals surface area contributed by atoms with Gasteiger partial charge in [0.15, 0.2) is 0 Å². The van der Waals surface area contributed by atoms with Crippen LogP contribution in [0.3, 0.4) is 0 Å². The number of aliphatic hydroxyl groups is 1. The van der Waals surface area contributed by atoms with E-state index in [-0.39, 0.29) is 6.61 Å². The minimum atomic E-state index is -0.990. The Morgan fingerprint density at radius 1 is 1.78 bits per heavy atom. The van der Waals surface area contributed by atoms with Crippen molar-refractivity contribution in [3.63, 3.8) is 0 Å². The highest BCUT2D eigenvalue weighted by molar-refractivity contribution is 5.72. The molecule has 0 aromatic heterocycles. The summed E-state index contributed by atoms with van der Waals surface area (Å²) in [5, 5.41) is 16.7. The number of carboxylic acid groups (broad SMARTS) is 1. The first-order valence-electron chi connectivity index (χ1n) is 2.68. The van der Waals surface area contributed by atoms with Crippen LogP contribution >= 0.6 is 0 Å². The molecule has 0 heterocycles. The van der Waals surface area contributed by atoms with Crippen molar-refractivity contribution in [2.24, 2.45) is 5.92 Å². The Morgan fingerprint density at radius 3 is 2.44 bits per heavy atom. The van der Waals surface area contributed by atoms with E-state index < -0.39 is 11.9 Å². The summed E-state index contributed by atoms with van der Waals surface area (Å²) >= 11 is 0. The van der Waals surface area contributed by atoms with Crippen molar-refractivity contribution < 1.29 is 15.0 Å². The molecule has 0 aromatic rings. The van der Waals surface area contributed by atoms with E-state index in [0.29, 0.717) is 0 Å². The molecule has 0 radical (unpaired) electrons. The summed E-state index contributed by atoms with van der Waals surface area (Å²) < 4.78 is 0. The van der Waals surface area contributed by atoms with Crippen molar-refractivity contribution in [3.05, 3.63) is 12.2 Å². The van der Waals surface area contributed by atoms with Crippen LogP contribution in [0.15, 0.2) is 12.2 Å². The smallest absolute Gasteiger partial charge is 0.312 e. The van der Waals surface area contributed by atoms with Crippen molar-refractivity contribution >= 4 is 5.97 Å². The average Bonchev–Trinajstić information content (AvgIpc) is 1.82. The van der Waals surface area contributed by atoms with E-state index >= 15 is 0 Å². The number of hydrogen-bond donors (Lipinski definition) is 2. The fourth-order valence-electron chi connectivity index (χ4n) is 0.454. The van der Waals surface area contributed by atoms with Gasteiger partial charge in [-0.05, 0) is 6.92 Å². The topological polar surface area (TPSA) is 57.5 Å². The van der Waals surface area contributed by atoms with Gasteiger partial charge in [0.2, 0.25) is 0 Å². The van der Waals surface area contributed by atoms with E-state index in [4.69, 9.17) is 10.2 Å². The summed E-state index contributed by atoms with van der Waals surface area (Å²) in [7, 11) is 0. The van der Waals surface area contributed by atoms with Crippen LogP contribution < -0.4 is 0 Å². The third-order valence-electron chi connectivity index (χ3n) is 0.939. The molecule has 2 N–H and O–H groups in total. The van der Waals surface area contributed by atoms with Gasteiger partial charge in [-0.25, -0.2) is 0 Å². The van der Waals surface area contributed by atoms with Gasteiger partial charge < -0.3 is 10.2 Å². The SMILES string of the molecule is CC=CC(CO)C(=O)O. The van der Waals surface area contributed by atoms with E-state index in [2.05, 4.69) is 0 Å². The van der Waals surface area contributed by atoms with Crippen molar-refractivity contribution in [2.45, 2.75) is 6.92 Å². The molecule has 0 amide bonds. The van der Waals surface area contributed by atoms with Gasteiger partial charge in [-0.1, -0.05) is 12.2 Å². The number of carbonyl (C=O) groups is 1. The molecule has 0 fully saturated rings. The Balaban J connectivity index is 3.83. The molecule has 0 saturated carbocycles. The highest BCUT2D eigenvalue weighted by Gasteiger charge is 2.10. The molecule has 0 aliphatic rings. The van der Waals surface area contributed by atoms with Crippen LogP contribution in [0.1, 0.15) is 6.92 Å². The van der Waals surface area contributed by atoms with Crippen LogP contribution in [-0.4, -0.2) is 22.8 Å². The quantitative estimate of drug-likeness (QED) is 0.538. The normalized spacial score (nSPS) is 14.0. The molecule has 0 bridgehead atoms. The minimum Gasteiger partial charge on any atom is -0.481 e. The first-order chi connectivity index (χ1) is 4.22. The van der Waals surface area contributed by atoms with E-state index in [1.165, 1.54) is 6.08 Å². The second kappa shape index (κ2) is 4.09. The highest BCUT2D eigenvalue weighted by Crippen LogP contribution is 1.95. The molecule has 9 heavy (non-hydrogen) atoms. The third kappa shape index (κ3) is 2.87. The van der Waals surface area contributed by atoms with Gasteiger partial charge in [-0.15, -0.1) is 0 Å². The van der Waals surface area contributed by atoms with Gasteiger partial charge in [0.1, 0.15) is 0 Å². The molecule has 0 aliphatic heterocycles. The number of rotatable bonds is 3. The zero-order valence-electron chi connectivity index (χ0n) is 5.24. The average molecular weight is 130 g/mol. The van der Waals surface area contributed by atoms with Crippen molar-refractivity contribution in [3.8, 4) is 0 Å². The maximum Gasteiger partial charge on any atom is 0.312 e. The summed E-state index contributed by atoms with van der Waals surface area (Å²) in [4.78, 5) is 10.1. The summed E-state index contributed by atoms with van der Waals surface area (Å²) in [6.45, 7) is 1.38.